The number of hydrogen-bond donors (Lipinski definition) is 2. The van der Waals surface area contributed by atoms with Crippen LogP contribution in [0.25, 0.3) is 0 Å². The molecule has 0 saturated heterocycles. The number of nitrogens with zero attached hydrogens (tertiary/aromatic N) is 1. The van der Waals surface area contributed by atoms with Gasteiger partial charge in [-0.3, -0.25) is 4.84 Å². The van der Waals surface area contributed by atoms with Crippen LogP contribution in [0.5, 0.6) is 0 Å². The van der Waals surface area contributed by atoms with Gasteiger partial charge < -0.3 is 10.2 Å². The zero-order valence-corrected chi connectivity index (χ0v) is 16.5. The largest absolute Gasteiger partial charge is 0.394 e. The van der Waals surface area contributed by atoms with Crippen molar-refractivity contribution in [2.24, 2.45) is 0 Å². The molecule has 2 N–H and O–H groups in total. The topological polar surface area (TPSA) is 52.9 Å². The highest BCUT2D eigenvalue weighted by Gasteiger charge is 2.37. The first-order chi connectivity index (χ1) is 12.3. The molecule has 4 nitrogen and oxygen atoms in total. The summed E-state index contributed by atoms with van der Waals surface area (Å²) in [5, 5.41) is 23.0. The number of hydroxylamine groups is 2. The molecule has 0 bridgehead atoms. The third-order valence-corrected chi connectivity index (χ3v) is 4.86. The van der Waals surface area contributed by atoms with Crippen molar-refractivity contribution >= 4 is 11.6 Å². The second-order valence-electron chi connectivity index (χ2n) is 7.21. The molecule has 2 unspecified atom stereocenters. The van der Waals surface area contributed by atoms with Crippen LogP contribution in [0, 0.1) is 0 Å². The third kappa shape index (κ3) is 5.06. The predicted octanol–water partition coefficient (Wildman–Crippen LogP) is 4.53. The van der Waals surface area contributed by atoms with Gasteiger partial charge in [-0.05, 0) is 44.0 Å². The van der Waals surface area contributed by atoms with Crippen LogP contribution >= 0.6 is 11.6 Å². The summed E-state index contributed by atoms with van der Waals surface area (Å²) in [5.41, 5.74) is 1.18. The number of rotatable bonds is 8. The molecule has 2 rings (SSSR count). The Kier molecular flexibility index (Phi) is 7.21. The first kappa shape index (κ1) is 20.9. The molecule has 2 aromatic rings. The van der Waals surface area contributed by atoms with E-state index in [-0.39, 0.29) is 18.6 Å². The van der Waals surface area contributed by atoms with Crippen LogP contribution in [-0.4, -0.2) is 33.6 Å². The second kappa shape index (κ2) is 8.98. The van der Waals surface area contributed by atoms with E-state index < -0.39 is 11.8 Å². The Labute approximate surface area is 160 Å². The van der Waals surface area contributed by atoms with Gasteiger partial charge in [-0.1, -0.05) is 61.0 Å². The van der Waals surface area contributed by atoms with Gasteiger partial charge in [0.2, 0.25) is 0 Å². The summed E-state index contributed by atoms with van der Waals surface area (Å²) in [6, 6.07) is 17.2. The molecule has 3 atom stereocenters. The van der Waals surface area contributed by atoms with Gasteiger partial charge in [0.25, 0.3) is 0 Å². The fraction of sp³-hybridized carbons (Fsp3) is 0.429. The van der Waals surface area contributed by atoms with Crippen molar-refractivity contribution in [1.82, 2.24) is 5.06 Å². The van der Waals surface area contributed by atoms with Gasteiger partial charge in [0, 0.05) is 10.9 Å². The summed E-state index contributed by atoms with van der Waals surface area (Å²) in [5.74, 6) is -0.235. The van der Waals surface area contributed by atoms with Crippen molar-refractivity contribution in [3.8, 4) is 0 Å². The van der Waals surface area contributed by atoms with Crippen LogP contribution in [0.4, 0.5) is 0 Å². The molecular formula is C21H28ClNO3. The standard InChI is InChI=1S/C21H28ClNO3/c1-15(17-10-12-19(22)13-11-17)20(25)23(21(3,4)14-24)26-16(2)18-8-6-5-7-9-18/h5-13,15-16,20,24-25H,14H2,1-4H3/t15-,16?,20?/m1/s1. The summed E-state index contributed by atoms with van der Waals surface area (Å²) in [6.45, 7) is 7.37. The SMILES string of the molecule is CC(ON(C(O)[C@H](C)c1ccc(Cl)cc1)C(C)(C)CO)c1ccccc1. The first-order valence-corrected chi connectivity index (χ1v) is 9.19. The van der Waals surface area contributed by atoms with Crippen molar-refractivity contribution in [2.45, 2.75) is 51.5 Å². The van der Waals surface area contributed by atoms with E-state index in [0.29, 0.717) is 5.02 Å². The van der Waals surface area contributed by atoms with Crippen LogP contribution in [0.3, 0.4) is 0 Å². The highest BCUT2D eigenvalue weighted by Crippen LogP contribution is 2.31. The van der Waals surface area contributed by atoms with Crippen molar-refractivity contribution in [3.63, 3.8) is 0 Å². The third-order valence-electron chi connectivity index (χ3n) is 4.61. The molecule has 142 valence electrons. The molecule has 26 heavy (non-hydrogen) atoms. The number of aliphatic hydroxyl groups is 2. The fourth-order valence-corrected chi connectivity index (χ4v) is 2.86. The maximum Gasteiger partial charge on any atom is 0.137 e. The number of aliphatic hydroxyl groups excluding tert-OH is 2. The van der Waals surface area contributed by atoms with Crippen molar-refractivity contribution < 1.29 is 15.1 Å². The highest BCUT2D eigenvalue weighted by atomic mass is 35.5. The van der Waals surface area contributed by atoms with Gasteiger partial charge in [-0.2, -0.15) is 5.06 Å². The predicted molar refractivity (Wildman–Crippen MR) is 105 cm³/mol. The molecule has 2 aromatic carbocycles. The van der Waals surface area contributed by atoms with Crippen LogP contribution in [0.2, 0.25) is 5.02 Å². The van der Waals surface area contributed by atoms with Crippen molar-refractivity contribution in [2.75, 3.05) is 6.61 Å². The lowest BCUT2D eigenvalue weighted by Crippen LogP contribution is -2.54. The van der Waals surface area contributed by atoms with Crippen LogP contribution in [-0.2, 0) is 4.84 Å². The van der Waals surface area contributed by atoms with Crippen molar-refractivity contribution in [3.05, 3.63) is 70.7 Å². The number of halogens is 1. The summed E-state index contributed by atoms with van der Waals surface area (Å²) < 4.78 is 0. The van der Waals surface area contributed by atoms with Crippen LogP contribution in [0.1, 0.15) is 50.8 Å². The fourth-order valence-electron chi connectivity index (χ4n) is 2.73. The highest BCUT2D eigenvalue weighted by molar-refractivity contribution is 6.30. The Morgan fingerprint density at radius 3 is 2.12 bits per heavy atom. The van der Waals surface area contributed by atoms with E-state index in [9.17, 15) is 10.2 Å². The molecule has 0 heterocycles. The Balaban J connectivity index is 2.24. The lowest BCUT2D eigenvalue weighted by atomic mass is 9.96. The minimum absolute atomic E-state index is 0.154. The van der Waals surface area contributed by atoms with Gasteiger partial charge in [0.05, 0.1) is 12.1 Å². The Morgan fingerprint density at radius 2 is 1.58 bits per heavy atom. The van der Waals surface area contributed by atoms with E-state index >= 15 is 0 Å². The molecule has 0 amide bonds. The van der Waals surface area contributed by atoms with Gasteiger partial charge >= 0.3 is 0 Å². The van der Waals surface area contributed by atoms with Crippen molar-refractivity contribution in [1.29, 1.82) is 0 Å². The summed E-state index contributed by atoms with van der Waals surface area (Å²) in [6.07, 6.45) is -1.21. The van der Waals surface area contributed by atoms with Crippen LogP contribution < -0.4 is 0 Å². The van der Waals surface area contributed by atoms with Gasteiger partial charge in [0.15, 0.2) is 0 Å². The molecule has 0 aliphatic rings. The minimum atomic E-state index is -0.940. The molecule has 0 fully saturated rings. The molecule has 0 aliphatic heterocycles. The monoisotopic (exact) mass is 377 g/mol. The second-order valence-corrected chi connectivity index (χ2v) is 7.64. The zero-order valence-electron chi connectivity index (χ0n) is 15.8. The Bertz CT molecular complexity index is 675. The molecule has 0 saturated carbocycles. The quantitative estimate of drug-likeness (QED) is 0.524. The van der Waals surface area contributed by atoms with E-state index in [1.165, 1.54) is 5.06 Å². The number of hydrogen-bond acceptors (Lipinski definition) is 4. The van der Waals surface area contributed by atoms with E-state index in [4.69, 9.17) is 16.4 Å². The molecule has 0 aliphatic carbocycles. The zero-order chi connectivity index (χ0) is 19.3. The molecule has 0 spiro atoms. The lowest BCUT2D eigenvalue weighted by Gasteiger charge is -2.42. The normalized spacial score (nSPS) is 15.7. The molecule has 5 heteroatoms. The number of benzene rings is 2. The average Bonchev–Trinajstić information content (AvgIpc) is 2.66. The van der Waals surface area contributed by atoms with E-state index in [0.717, 1.165) is 11.1 Å². The summed E-state index contributed by atoms with van der Waals surface area (Å²) in [4.78, 5) is 6.12. The average molecular weight is 378 g/mol. The van der Waals surface area contributed by atoms with Gasteiger partial charge in [0.1, 0.15) is 12.3 Å². The van der Waals surface area contributed by atoms with E-state index in [1.807, 2.05) is 70.2 Å². The summed E-state index contributed by atoms with van der Waals surface area (Å²) >= 11 is 5.96. The smallest absolute Gasteiger partial charge is 0.137 e. The molecule has 0 aromatic heterocycles. The van der Waals surface area contributed by atoms with Gasteiger partial charge in [-0.25, -0.2) is 0 Å². The van der Waals surface area contributed by atoms with E-state index in [2.05, 4.69) is 0 Å². The first-order valence-electron chi connectivity index (χ1n) is 8.81. The maximum absolute atomic E-state index is 11.0. The Hall–Kier alpha value is -1.43. The van der Waals surface area contributed by atoms with Crippen LogP contribution in [0.15, 0.2) is 54.6 Å². The van der Waals surface area contributed by atoms with Gasteiger partial charge in [-0.15, -0.1) is 0 Å². The molecule has 0 radical (unpaired) electrons. The minimum Gasteiger partial charge on any atom is -0.394 e. The summed E-state index contributed by atoms with van der Waals surface area (Å²) in [7, 11) is 0. The molecular weight excluding hydrogens is 350 g/mol. The maximum atomic E-state index is 11.0. The Morgan fingerprint density at radius 1 is 1.00 bits per heavy atom. The lowest BCUT2D eigenvalue weighted by molar-refractivity contribution is -0.315. The van der Waals surface area contributed by atoms with E-state index in [1.54, 1.807) is 12.1 Å².